The van der Waals surface area contributed by atoms with E-state index in [9.17, 15) is 4.79 Å². The lowest BCUT2D eigenvalue weighted by Crippen LogP contribution is -2.49. The Morgan fingerprint density at radius 3 is 3.09 bits per heavy atom. The van der Waals surface area contributed by atoms with Gasteiger partial charge in [0.05, 0.1) is 0 Å². The Balaban J connectivity index is 1.66. The average Bonchev–Trinajstić information content (AvgIpc) is 3.20. The number of nitrogens with one attached hydrogen (secondary N) is 1. The number of fused-ring (bicyclic) bond motifs is 1. The molecule has 0 spiro atoms. The molecule has 2 aliphatic rings. The molecule has 122 valence electrons. The van der Waals surface area contributed by atoms with Crippen LogP contribution in [0.15, 0.2) is 16.9 Å². The highest BCUT2D eigenvalue weighted by Gasteiger charge is 2.34. The molecule has 0 aromatic carbocycles. The summed E-state index contributed by atoms with van der Waals surface area (Å²) in [6.07, 6.45) is 7.66. The first-order valence-corrected chi connectivity index (χ1v) is 8.22. The second-order valence-electron chi connectivity index (χ2n) is 6.25. The zero-order chi connectivity index (χ0) is 15.8. The van der Waals surface area contributed by atoms with Gasteiger partial charge in [0.25, 0.3) is 5.91 Å². The predicted octanol–water partition coefficient (Wildman–Crippen LogP) is 1.07. The molecular weight excluding hydrogens is 294 g/mol. The first kappa shape index (κ1) is 14.4. The molecule has 7 nitrogen and oxygen atoms in total. The van der Waals surface area contributed by atoms with Crippen LogP contribution in [0.1, 0.15) is 46.5 Å². The van der Waals surface area contributed by atoms with Crippen LogP contribution in [0.4, 0.5) is 0 Å². The Kier molecular flexibility index (Phi) is 3.65. The summed E-state index contributed by atoms with van der Waals surface area (Å²) in [6.45, 7) is 2.14. The number of amides is 1. The van der Waals surface area contributed by atoms with Gasteiger partial charge in [0.1, 0.15) is 17.6 Å². The van der Waals surface area contributed by atoms with Gasteiger partial charge in [-0.25, -0.2) is 4.98 Å². The van der Waals surface area contributed by atoms with Crippen molar-refractivity contribution in [3.63, 3.8) is 0 Å². The molecule has 23 heavy (non-hydrogen) atoms. The molecule has 1 N–H and O–H groups in total. The van der Waals surface area contributed by atoms with E-state index in [0.717, 1.165) is 49.4 Å². The Bertz CT molecular complexity index is 720. The summed E-state index contributed by atoms with van der Waals surface area (Å²) in [7, 11) is 1.96. The molecule has 2 aromatic heterocycles. The first-order chi connectivity index (χ1) is 11.3. The molecule has 1 fully saturated rings. The van der Waals surface area contributed by atoms with Crippen molar-refractivity contribution in [3.8, 4) is 0 Å². The van der Waals surface area contributed by atoms with Crippen molar-refractivity contribution in [2.75, 3.05) is 19.6 Å². The minimum Gasteiger partial charge on any atom is -0.360 e. The predicted molar refractivity (Wildman–Crippen MR) is 83.0 cm³/mol. The molecule has 1 atom stereocenters. The molecule has 0 saturated carbocycles. The highest BCUT2D eigenvalue weighted by atomic mass is 16.5. The SMILES string of the molecule is Cn1ccnc1C1CNCCN1C(=O)c1noc2c1CCCC2. The van der Waals surface area contributed by atoms with Crippen LogP contribution in [0.3, 0.4) is 0 Å². The maximum atomic E-state index is 13.1. The van der Waals surface area contributed by atoms with Crippen molar-refractivity contribution in [1.29, 1.82) is 0 Å². The van der Waals surface area contributed by atoms with Gasteiger partial charge < -0.3 is 19.3 Å². The van der Waals surface area contributed by atoms with Gasteiger partial charge in [-0.1, -0.05) is 5.16 Å². The highest BCUT2D eigenvalue weighted by Crippen LogP contribution is 2.28. The van der Waals surface area contributed by atoms with Crippen LogP contribution in [-0.2, 0) is 19.9 Å². The monoisotopic (exact) mass is 315 g/mol. The maximum absolute atomic E-state index is 13.1. The van der Waals surface area contributed by atoms with Gasteiger partial charge in [-0.3, -0.25) is 4.79 Å². The van der Waals surface area contributed by atoms with Crippen LogP contribution in [0.25, 0.3) is 0 Å². The summed E-state index contributed by atoms with van der Waals surface area (Å²) in [5.41, 5.74) is 1.51. The van der Waals surface area contributed by atoms with Crippen molar-refractivity contribution >= 4 is 5.91 Å². The molecule has 1 amide bonds. The van der Waals surface area contributed by atoms with Gasteiger partial charge in [0, 0.05) is 51.1 Å². The number of hydrogen-bond donors (Lipinski definition) is 1. The molecule has 1 aliphatic heterocycles. The molecular formula is C16H21N5O2. The topological polar surface area (TPSA) is 76.2 Å². The van der Waals surface area contributed by atoms with Crippen molar-refractivity contribution < 1.29 is 9.32 Å². The zero-order valence-electron chi connectivity index (χ0n) is 13.3. The molecule has 3 heterocycles. The molecule has 2 aromatic rings. The summed E-state index contributed by atoms with van der Waals surface area (Å²) >= 11 is 0. The van der Waals surface area contributed by atoms with Gasteiger partial charge in [0.2, 0.25) is 0 Å². The molecule has 1 aliphatic carbocycles. The van der Waals surface area contributed by atoms with Crippen LogP contribution >= 0.6 is 0 Å². The van der Waals surface area contributed by atoms with Crippen molar-refractivity contribution in [2.45, 2.75) is 31.7 Å². The molecule has 4 rings (SSSR count). The summed E-state index contributed by atoms with van der Waals surface area (Å²) < 4.78 is 7.38. The number of nitrogens with zero attached hydrogens (tertiary/aromatic N) is 4. The molecule has 7 heteroatoms. The quantitative estimate of drug-likeness (QED) is 0.897. The maximum Gasteiger partial charge on any atom is 0.277 e. The van der Waals surface area contributed by atoms with Crippen molar-refractivity contribution in [3.05, 3.63) is 35.2 Å². The van der Waals surface area contributed by atoms with E-state index in [1.807, 2.05) is 22.7 Å². The Morgan fingerprint density at radius 1 is 1.39 bits per heavy atom. The number of hydrogen-bond acceptors (Lipinski definition) is 5. The average molecular weight is 315 g/mol. The largest absolute Gasteiger partial charge is 0.360 e. The van der Waals surface area contributed by atoms with Crippen LogP contribution in [0.2, 0.25) is 0 Å². The molecule has 0 radical (unpaired) electrons. The van der Waals surface area contributed by atoms with Crippen molar-refractivity contribution in [1.82, 2.24) is 24.9 Å². The van der Waals surface area contributed by atoms with E-state index in [-0.39, 0.29) is 11.9 Å². The Morgan fingerprint density at radius 2 is 2.26 bits per heavy atom. The number of carbonyl (C=O) groups excluding carboxylic acids is 1. The number of piperazine rings is 1. The summed E-state index contributed by atoms with van der Waals surface area (Å²) in [5.74, 6) is 1.75. The number of aromatic nitrogens is 3. The van der Waals surface area contributed by atoms with E-state index in [1.54, 1.807) is 6.20 Å². The number of imidazole rings is 1. The second kappa shape index (κ2) is 5.81. The molecule has 1 unspecified atom stereocenters. The van der Waals surface area contributed by atoms with E-state index in [0.29, 0.717) is 18.8 Å². The van der Waals surface area contributed by atoms with Gasteiger partial charge in [-0.15, -0.1) is 0 Å². The van der Waals surface area contributed by atoms with E-state index in [2.05, 4.69) is 15.5 Å². The number of carbonyl (C=O) groups is 1. The third-order valence-corrected chi connectivity index (χ3v) is 4.81. The number of rotatable bonds is 2. The fraction of sp³-hybridized carbons (Fsp3) is 0.562. The van der Waals surface area contributed by atoms with Crippen LogP contribution in [0, 0.1) is 0 Å². The fourth-order valence-corrected chi connectivity index (χ4v) is 3.57. The molecule has 1 saturated heterocycles. The van der Waals surface area contributed by atoms with Gasteiger partial charge >= 0.3 is 0 Å². The number of aryl methyl sites for hydroxylation is 2. The lowest BCUT2D eigenvalue weighted by atomic mass is 9.96. The summed E-state index contributed by atoms with van der Waals surface area (Å²) in [5, 5.41) is 7.45. The third-order valence-electron chi connectivity index (χ3n) is 4.81. The van der Waals surface area contributed by atoms with Gasteiger partial charge in [-0.05, 0) is 19.3 Å². The summed E-state index contributed by atoms with van der Waals surface area (Å²) in [6, 6.07) is -0.0767. The Labute approximate surface area is 134 Å². The van der Waals surface area contributed by atoms with E-state index >= 15 is 0 Å². The Hall–Kier alpha value is -2.15. The third kappa shape index (κ3) is 2.45. The standard InChI is InChI=1S/C16H21N5O2/c1-20-8-7-18-15(20)12-10-17-6-9-21(12)16(22)14-11-4-2-3-5-13(11)23-19-14/h7-8,12,17H,2-6,9-10H2,1H3. The fourth-order valence-electron chi connectivity index (χ4n) is 3.57. The minimum atomic E-state index is -0.0767. The first-order valence-electron chi connectivity index (χ1n) is 8.22. The minimum absolute atomic E-state index is 0.0357. The normalized spacial score (nSPS) is 21.3. The highest BCUT2D eigenvalue weighted by molar-refractivity contribution is 5.94. The van der Waals surface area contributed by atoms with Gasteiger partial charge in [0.15, 0.2) is 5.69 Å². The van der Waals surface area contributed by atoms with Gasteiger partial charge in [-0.2, -0.15) is 0 Å². The smallest absolute Gasteiger partial charge is 0.277 e. The van der Waals surface area contributed by atoms with E-state index in [1.165, 1.54) is 0 Å². The van der Waals surface area contributed by atoms with Crippen LogP contribution in [0.5, 0.6) is 0 Å². The lowest BCUT2D eigenvalue weighted by Gasteiger charge is -2.35. The van der Waals surface area contributed by atoms with E-state index in [4.69, 9.17) is 4.52 Å². The second-order valence-corrected chi connectivity index (χ2v) is 6.25. The zero-order valence-corrected chi connectivity index (χ0v) is 13.3. The summed E-state index contributed by atoms with van der Waals surface area (Å²) in [4.78, 5) is 19.4. The van der Waals surface area contributed by atoms with Crippen LogP contribution < -0.4 is 5.32 Å². The molecule has 0 bridgehead atoms. The lowest BCUT2D eigenvalue weighted by molar-refractivity contribution is 0.0609. The van der Waals surface area contributed by atoms with Crippen LogP contribution in [-0.4, -0.2) is 45.1 Å². The van der Waals surface area contributed by atoms with E-state index < -0.39 is 0 Å². The van der Waals surface area contributed by atoms with Crippen molar-refractivity contribution in [2.24, 2.45) is 7.05 Å².